The van der Waals surface area contributed by atoms with Crippen molar-refractivity contribution >= 4 is 5.91 Å². The Bertz CT molecular complexity index is 344. The molecule has 118 valence electrons. The minimum absolute atomic E-state index is 0.180. The Labute approximate surface area is 124 Å². The van der Waals surface area contributed by atoms with Gasteiger partial charge in [-0.25, -0.2) is 0 Å². The molecular weight excluding hydrogens is 250 g/mol. The third kappa shape index (κ3) is 3.95. The summed E-state index contributed by atoms with van der Waals surface area (Å²) in [5.41, 5.74) is 5.39. The van der Waals surface area contributed by atoms with Crippen molar-refractivity contribution in [2.24, 2.45) is 17.1 Å². The lowest BCUT2D eigenvalue weighted by Gasteiger charge is -2.42. The summed E-state index contributed by atoms with van der Waals surface area (Å²) in [5, 5.41) is 3.48. The van der Waals surface area contributed by atoms with E-state index in [0.717, 1.165) is 12.8 Å². The number of hydrogen-bond acceptors (Lipinski definition) is 3. The molecule has 0 bridgehead atoms. The van der Waals surface area contributed by atoms with Gasteiger partial charge in [-0.3, -0.25) is 10.1 Å². The van der Waals surface area contributed by atoms with E-state index in [1.807, 2.05) is 0 Å². The SMILES string of the molecule is CC(C)NC(CN(C)C(C)C(C)(C)C)(C(N)=O)C1CC1. The maximum Gasteiger partial charge on any atom is 0.239 e. The van der Waals surface area contributed by atoms with Crippen molar-refractivity contribution in [3.05, 3.63) is 0 Å². The van der Waals surface area contributed by atoms with Crippen molar-refractivity contribution in [1.29, 1.82) is 0 Å². The average molecular weight is 283 g/mol. The molecule has 0 radical (unpaired) electrons. The second-order valence-corrected chi connectivity index (χ2v) is 7.87. The number of nitrogens with one attached hydrogen (secondary N) is 1. The van der Waals surface area contributed by atoms with Crippen LogP contribution in [0.15, 0.2) is 0 Å². The molecule has 3 N–H and O–H groups in total. The van der Waals surface area contributed by atoms with E-state index in [0.29, 0.717) is 18.5 Å². The third-order valence-corrected chi connectivity index (χ3v) is 4.67. The topological polar surface area (TPSA) is 58.4 Å². The first-order valence-electron chi connectivity index (χ1n) is 7.78. The Morgan fingerprint density at radius 2 is 1.80 bits per heavy atom. The quantitative estimate of drug-likeness (QED) is 0.751. The zero-order valence-corrected chi connectivity index (χ0v) is 14.3. The van der Waals surface area contributed by atoms with Crippen LogP contribution in [0.2, 0.25) is 0 Å². The molecule has 2 atom stereocenters. The maximum atomic E-state index is 12.2. The van der Waals surface area contributed by atoms with Crippen molar-refractivity contribution in [3.63, 3.8) is 0 Å². The molecule has 4 nitrogen and oxygen atoms in total. The highest BCUT2D eigenvalue weighted by atomic mass is 16.1. The number of amides is 1. The van der Waals surface area contributed by atoms with Gasteiger partial charge < -0.3 is 10.6 Å². The van der Waals surface area contributed by atoms with Gasteiger partial charge in [-0.05, 0) is 52.0 Å². The summed E-state index contributed by atoms with van der Waals surface area (Å²) in [6.07, 6.45) is 2.20. The van der Waals surface area contributed by atoms with E-state index >= 15 is 0 Å². The van der Waals surface area contributed by atoms with Gasteiger partial charge >= 0.3 is 0 Å². The molecule has 1 aliphatic rings. The predicted octanol–water partition coefficient (Wildman–Crippen LogP) is 1.98. The lowest BCUT2D eigenvalue weighted by molar-refractivity contribution is -0.127. The number of primary amides is 1. The Kier molecular flexibility index (Phi) is 5.25. The van der Waals surface area contributed by atoms with Gasteiger partial charge in [0, 0.05) is 18.6 Å². The highest BCUT2D eigenvalue weighted by molar-refractivity contribution is 5.86. The van der Waals surface area contributed by atoms with Crippen LogP contribution in [-0.2, 0) is 4.79 Å². The molecule has 20 heavy (non-hydrogen) atoms. The molecule has 0 aromatic rings. The number of carbonyl (C=O) groups is 1. The number of rotatable bonds is 7. The van der Waals surface area contributed by atoms with E-state index < -0.39 is 5.54 Å². The lowest BCUT2D eigenvalue weighted by Crippen LogP contribution is -2.65. The van der Waals surface area contributed by atoms with Gasteiger partial charge in [-0.15, -0.1) is 0 Å². The molecule has 1 rings (SSSR count). The van der Waals surface area contributed by atoms with Crippen molar-refractivity contribution in [2.75, 3.05) is 13.6 Å². The van der Waals surface area contributed by atoms with Crippen LogP contribution in [0.5, 0.6) is 0 Å². The second-order valence-electron chi connectivity index (χ2n) is 7.87. The predicted molar refractivity (Wildman–Crippen MR) is 84.5 cm³/mol. The molecule has 0 heterocycles. The molecule has 4 heteroatoms. The van der Waals surface area contributed by atoms with Crippen LogP contribution in [-0.4, -0.2) is 42.0 Å². The lowest BCUT2D eigenvalue weighted by atomic mass is 9.84. The van der Waals surface area contributed by atoms with Crippen LogP contribution < -0.4 is 11.1 Å². The highest BCUT2D eigenvalue weighted by Gasteiger charge is 2.51. The molecule has 1 amide bonds. The van der Waals surface area contributed by atoms with E-state index in [-0.39, 0.29) is 17.4 Å². The molecule has 1 fully saturated rings. The van der Waals surface area contributed by atoms with E-state index in [4.69, 9.17) is 5.73 Å². The minimum Gasteiger partial charge on any atom is -0.368 e. The smallest absolute Gasteiger partial charge is 0.239 e. The van der Waals surface area contributed by atoms with E-state index in [2.05, 4.69) is 58.8 Å². The summed E-state index contributed by atoms with van der Waals surface area (Å²) in [6, 6.07) is 0.635. The molecule has 1 aliphatic carbocycles. The normalized spacial score (nSPS) is 21.1. The van der Waals surface area contributed by atoms with Gasteiger partial charge in [-0.1, -0.05) is 20.8 Å². The minimum atomic E-state index is -0.581. The number of likely N-dealkylation sites (N-methyl/N-ethyl adjacent to an activating group) is 1. The highest BCUT2D eigenvalue weighted by Crippen LogP contribution is 2.41. The Balaban J connectivity index is 2.92. The number of nitrogens with two attached hydrogens (primary N) is 1. The van der Waals surface area contributed by atoms with E-state index in [1.54, 1.807) is 0 Å². The van der Waals surface area contributed by atoms with Crippen LogP contribution >= 0.6 is 0 Å². The summed E-state index contributed by atoms with van der Waals surface area (Å²) in [7, 11) is 2.10. The first-order chi connectivity index (χ1) is 9.00. The first-order valence-corrected chi connectivity index (χ1v) is 7.78. The molecular formula is C16H33N3O. The summed E-state index contributed by atoms with van der Waals surface area (Å²) in [4.78, 5) is 14.5. The van der Waals surface area contributed by atoms with E-state index in [9.17, 15) is 4.79 Å². The van der Waals surface area contributed by atoms with Crippen LogP contribution in [0.25, 0.3) is 0 Å². The van der Waals surface area contributed by atoms with E-state index in [1.165, 1.54) is 0 Å². The molecule has 0 saturated heterocycles. The van der Waals surface area contributed by atoms with Gasteiger partial charge in [0.05, 0.1) is 0 Å². The summed E-state index contributed by atoms with van der Waals surface area (Å²) < 4.78 is 0. The van der Waals surface area contributed by atoms with Gasteiger partial charge in [0.2, 0.25) is 5.91 Å². The standard InChI is InChI=1S/C16H33N3O/c1-11(2)18-16(14(17)20,13-8-9-13)10-19(7)12(3)15(4,5)6/h11-13,18H,8-10H2,1-7H3,(H2,17,20). The maximum absolute atomic E-state index is 12.2. The Hall–Kier alpha value is -0.610. The third-order valence-electron chi connectivity index (χ3n) is 4.67. The average Bonchev–Trinajstić information content (AvgIpc) is 3.08. The number of hydrogen-bond donors (Lipinski definition) is 2. The largest absolute Gasteiger partial charge is 0.368 e. The summed E-state index contributed by atoms with van der Waals surface area (Å²) >= 11 is 0. The monoisotopic (exact) mass is 283 g/mol. The van der Waals surface area contributed by atoms with Crippen LogP contribution in [0.1, 0.15) is 54.4 Å². The Morgan fingerprint density at radius 1 is 1.30 bits per heavy atom. The van der Waals surface area contributed by atoms with Crippen molar-refractivity contribution in [2.45, 2.75) is 72.0 Å². The van der Waals surface area contributed by atoms with Gasteiger partial charge in [0.15, 0.2) is 0 Å². The summed E-state index contributed by atoms with van der Waals surface area (Å²) in [6.45, 7) is 13.7. The van der Waals surface area contributed by atoms with Gasteiger partial charge in [0.1, 0.15) is 5.54 Å². The zero-order chi connectivity index (χ0) is 15.7. The molecule has 0 aliphatic heterocycles. The molecule has 0 spiro atoms. The molecule has 0 aromatic carbocycles. The van der Waals surface area contributed by atoms with Crippen molar-refractivity contribution < 1.29 is 4.79 Å². The van der Waals surface area contributed by atoms with Gasteiger partial charge in [-0.2, -0.15) is 0 Å². The molecule has 2 unspecified atom stereocenters. The van der Waals surface area contributed by atoms with Crippen LogP contribution in [0.3, 0.4) is 0 Å². The molecule has 1 saturated carbocycles. The fraction of sp³-hybridized carbons (Fsp3) is 0.938. The van der Waals surface area contributed by atoms with Crippen LogP contribution in [0, 0.1) is 11.3 Å². The van der Waals surface area contributed by atoms with Gasteiger partial charge in [0.25, 0.3) is 0 Å². The first kappa shape index (κ1) is 17.4. The zero-order valence-electron chi connectivity index (χ0n) is 14.3. The molecule has 0 aromatic heterocycles. The Morgan fingerprint density at radius 3 is 2.10 bits per heavy atom. The summed E-state index contributed by atoms with van der Waals surface area (Å²) in [5.74, 6) is 0.179. The van der Waals surface area contributed by atoms with Crippen molar-refractivity contribution in [3.8, 4) is 0 Å². The number of nitrogens with zero attached hydrogens (tertiary/aromatic N) is 1. The van der Waals surface area contributed by atoms with Crippen molar-refractivity contribution in [1.82, 2.24) is 10.2 Å². The number of carbonyl (C=O) groups excluding carboxylic acids is 1. The fourth-order valence-corrected chi connectivity index (χ4v) is 2.93. The van der Waals surface area contributed by atoms with Crippen LogP contribution in [0.4, 0.5) is 0 Å². The fourth-order valence-electron chi connectivity index (χ4n) is 2.93. The second kappa shape index (κ2) is 6.02.